The highest BCUT2D eigenvalue weighted by Crippen LogP contribution is 2.33. The Hall–Kier alpha value is -2.65. The number of pyridine rings is 1. The summed E-state index contributed by atoms with van der Waals surface area (Å²) in [5.74, 6) is -0.620. The second-order valence-corrected chi connectivity index (χ2v) is 6.59. The molecule has 27 heavy (non-hydrogen) atoms. The molecule has 0 unspecified atom stereocenters. The minimum atomic E-state index is -4.51. The topological polar surface area (TPSA) is 64.1 Å². The minimum absolute atomic E-state index is 0.217. The summed E-state index contributed by atoms with van der Waals surface area (Å²) < 4.78 is 46.2. The van der Waals surface area contributed by atoms with E-state index in [1.807, 2.05) is 0 Å². The van der Waals surface area contributed by atoms with Crippen LogP contribution in [0, 0.1) is 0 Å². The molecule has 1 aromatic carbocycles. The molecule has 1 amide bonds. The van der Waals surface area contributed by atoms with Crippen LogP contribution in [-0.4, -0.2) is 28.0 Å². The first-order chi connectivity index (χ1) is 12.8. The van der Waals surface area contributed by atoms with E-state index in [9.17, 15) is 18.0 Å². The Morgan fingerprint density at radius 1 is 1.26 bits per heavy atom. The zero-order valence-corrected chi connectivity index (χ0v) is 15.0. The van der Waals surface area contributed by atoms with Gasteiger partial charge in [-0.15, -0.1) is 0 Å². The van der Waals surface area contributed by atoms with Gasteiger partial charge >= 0.3 is 6.18 Å². The van der Waals surface area contributed by atoms with Crippen LogP contribution in [0.2, 0.25) is 5.02 Å². The van der Waals surface area contributed by atoms with Crippen molar-refractivity contribution in [2.75, 3.05) is 11.9 Å². The maximum atomic E-state index is 12.5. The van der Waals surface area contributed by atoms with E-state index >= 15 is 0 Å². The van der Waals surface area contributed by atoms with E-state index in [1.165, 1.54) is 18.5 Å². The van der Waals surface area contributed by atoms with Gasteiger partial charge in [-0.05, 0) is 41.4 Å². The van der Waals surface area contributed by atoms with E-state index < -0.39 is 18.7 Å². The molecule has 0 fully saturated rings. The van der Waals surface area contributed by atoms with Crippen LogP contribution >= 0.6 is 23.1 Å². The summed E-state index contributed by atoms with van der Waals surface area (Å²) in [6.07, 6.45) is -1.80. The number of hydrogen-bond donors (Lipinski definition) is 1. The summed E-state index contributed by atoms with van der Waals surface area (Å²) >= 11 is 6.99. The van der Waals surface area contributed by atoms with E-state index in [0.717, 1.165) is 11.5 Å². The van der Waals surface area contributed by atoms with E-state index in [4.69, 9.17) is 16.3 Å². The van der Waals surface area contributed by atoms with E-state index in [2.05, 4.69) is 14.7 Å². The largest absolute Gasteiger partial charge is 0.468 e. The van der Waals surface area contributed by atoms with Gasteiger partial charge in [0.15, 0.2) is 6.61 Å². The monoisotopic (exact) mass is 413 g/mol. The Morgan fingerprint density at radius 3 is 2.74 bits per heavy atom. The third-order valence-electron chi connectivity index (χ3n) is 3.28. The van der Waals surface area contributed by atoms with Gasteiger partial charge in [0.1, 0.15) is 4.88 Å². The Kier molecular flexibility index (Phi) is 5.62. The van der Waals surface area contributed by atoms with Crippen molar-refractivity contribution in [3.05, 3.63) is 58.7 Å². The van der Waals surface area contributed by atoms with Crippen molar-refractivity contribution in [2.45, 2.75) is 6.18 Å². The average Bonchev–Trinajstić information content (AvgIpc) is 3.14. The molecule has 3 aromatic rings. The number of alkyl halides is 3. The van der Waals surface area contributed by atoms with Gasteiger partial charge in [-0.2, -0.15) is 13.2 Å². The van der Waals surface area contributed by atoms with Gasteiger partial charge in [0.2, 0.25) is 5.88 Å². The van der Waals surface area contributed by atoms with Crippen molar-refractivity contribution in [2.24, 2.45) is 0 Å². The second kappa shape index (κ2) is 7.93. The molecule has 140 valence electrons. The Morgan fingerprint density at radius 2 is 2.07 bits per heavy atom. The van der Waals surface area contributed by atoms with Crippen LogP contribution in [0.15, 0.2) is 48.8 Å². The van der Waals surface area contributed by atoms with Gasteiger partial charge in [-0.25, -0.2) is 9.36 Å². The molecule has 0 aliphatic rings. The zero-order chi connectivity index (χ0) is 19.4. The third kappa shape index (κ3) is 5.18. The Bertz CT molecular complexity index is 949. The summed E-state index contributed by atoms with van der Waals surface area (Å²) in [5, 5.41) is 3.02. The molecule has 0 saturated carbocycles. The Balaban J connectivity index is 1.93. The number of anilines is 1. The average molecular weight is 414 g/mol. The maximum absolute atomic E-state index is 12.5. The van der Waals surface area contributed by atoms with Gasteiger partial charge in [0.05, 0.1) is 11.9 Å². The lowest BCUT2D eigenvalue weighted by Crippen LogP contribution is -2.20. The number of rotatable bonds is 5. The Labute approximate surface area is 160 Å². The highest BCUT2D eigenvalue weighted by Gasteiger charge is 2.29. The van der Waals surface area contributed by atoms with Crippen molar-refractivity contribution in [1.82, 2.24) is 9.36 Å². The zero-order valence-electron chi connectivity index (χ0n) is 13.5. The van der Waals surface area contributed by atoms with E-state index in [1.54, 1.807) is 30.3 Å². The summed E-state index contributed by atoms with van der Waals surface area (Å²) in [7, 11) is 0. The minimum Gasteiger partial charge on any atom is -0.468 e. The molecule has 2 heterocycles. The first kappa shape index (κ1) is 19.1. The molecular formula is C17H11ClF3N3O2S. The second-order valence-electron chi connectivity index (χ2n) is 5.32. The fourth-order valence-corrected chi connectivity index (χ4v) is 2.86. The number of carbonyl (C=O) groups excluding carboxylic acids is 1. The molecule has 0 saturated heterocycles. The fraction of sp³-hybridized carbons (Fsp3) is 0.118. The highest BCUT2D eigenvalue weighted by atomic mass is 35.5. The van der Waals surface area contributed by atoms with Crippen LogP contribution in [0.5, 0.6) is 5.88 Å². The van der Waals surface area contributed by atoms with Crippen molar-refractivity contribution < 1.29 is 22.7 Å². The number of aromatic nitrogens is 2. The number of nitrogens with zero attached hydrogens (tertiary/aromatic N) is 2. The number of ether oxygens (including phenoxy) is 1. The molecule has 0 bridgehead atoms. The van der Waals surface area contributed by atoms with Gasteiger partial charge in [0, 0.05) is 16.8 Å². The molecule has 2 aromatic heterocycles. The van der Waals surface area contributed by atoms with Crippen LogP contribution < -0.4 is 10.1 Å². The summed E-state index contributed by atoms with van der Waals surface area (Å²) in [5.41, 5.74) is 1.06. The molecule has 0 atom stereocenters. The predicted molar refractivity (Wildman–Crippen MR) is 96.3 cm³/mol. The molecule has 5 nitrogen and oxygen atoms in total. The fourth-order valence-electron chi connectivity index (χ4n) is 2.17. The lowest BCUT2D eigenvalue weighted by Gasteiger charge is -2.14. The van der Waals surface area contributed by atoms with Crippen molar-refractivity contribution in [3.8, 4) is 17.0 Å². The highest BCUT2D eigenvalue weighted by molar-refractivity contribution is 7.08. The number of nitrogens with one attached hydrogen (secondary N) is 1. The van der Waals surface area contributed by atoms with Crippen LogP contribution in [0.25, 0.3) is 11.1 Å². The van der Waals surface area contributed by atoms with Gasteiger partial charge < -0.3 is 10.1 Å². The quantitative estimate of drug-likeness (QED) is 0.635. The number of benzene rings is 1. The summed E-state index contributed by atoms with van der Waals surface area (Å²) in [6.45, 7) is -1.49. The smallest absolute Gasteiger partial charge is 0.422 e. The van der Waals surface area contributed by atoms with E-state index in [-0.39, 0.29) is 11.4 Å². The molecule has 0 radical (unpaired) electrons. The van der Waals surface area contributed by atoms with Crippen molar-refractivity contribution in [3.63, 3.8) is 0 Å². The maximum Gasteiger partial charge on any atom is 0.422 e. The normalized spacial score (nSPS) is 11.3. The van der Waals surface area contributed by atoms with Crippen LogP contribution in [0.1, 0.15) is 9.67 Å². The van der Waals surface area contributed by atoms with Crippen molar-refractivity contribution in [1.29, 1.82) is 0 Å². The van der Waals surface area contributed by atoms with Gasteiger partial charge in [0.25, 0.3) is 5.91 Å². The molecule has 0 aliphatic carbocycles. The van der Waals surface area contributed by atoms with Crippen LogP contribution in [0.4, 0.5) is 18.9 Å². The van der Waals surface area contributed by atoms with Crippen LogP contribution in [0.3, 0.4) is 0 Å². The molecule has 0 spiro atoms. The SMILES string of the molecule is O=C(Nc1cnc(OCC(F)(F)F)c(-c2cccc(Cl)c2)c1)c1ccns1. The summed E-state index contributed by atoms with van der Waals surface area (Å²) in [6, 6.07) is 9.51. The standard InChI is InChI=1S/C17H11ClF3N3O2S/c18-11-3-1-2-10(6-11)13-7-12(24-15(25)14-4-5-23-27-14)8-22-16(13)26-9-17(19,20)21/h1-8H,9H2,(H,24,25). The van der Waals surface area contributed by atoms with Crippen molar-refractivity contribution >= 4 is 34.7 Å². The lowest BCUT2D eigenvalue weighted by molar-refractivity contribution is -0.154. The first-order valence-corrected chi connectivity index (χ1v) is 8.64. The van der Waals surface area contributed by atoms with E-state index in [0.29, 0.717) is 21.2 Å². The number of halogens is 4. The molecule has 1 N–H and O–H groups in total. The summed E-state index contributed by atoms with van der Waals surface area (Å²) in [4.78, 5) is 16.5. The number of amides is 1. The molecule has 3 rings (SSSR count). The third-order valence-corrected chi connectivity index (χ3v) is 4.26. The lowest BCUT2D eigenvalue weighted by atomic mass is 10.1. The van der Waals surface area contributed by atoms with Gasteiger partial charge in [-0.1, -0.05) is 23.7 Å². The molecule has 10 heteroatoms. The molecule has 0 aliphatic heterocycles. The first-order valence-electron chi connectivity index (χ1n) is 7.49. The number of hydrogen-bond acceptors (Lipinski definition) is 5. The number of carbonyl (C=O) groups is 1. The predicted octanol–water partition coefficient (Wildman–Crippen LogP) is 5.05. The molecular weight excluding hydrogens is 403 g/mol. The van der Waals surface area contributed by atoms with Gasteiger partial charge in [-0.3, -0.25) is 4.79 Å². The van der Waals surface area contributed by atoms with Crippen LogP contribution in [-0.2, 0) is 0 Å².